The number of carboxylic acid groups (broad SMARTS) is 2. The van der Waals surface area contributed by atoms with Gasteiger partial charge < -0.3 is 20.4 Å². The SMILES string of the molecule is CC[C@@H](NC(=O)C(=O)N1CCCC[C@@H]1C(=O)O)C(=O)O. The van der Waals surface area contributed by atoms with Crippen molar-refractivity contribution in [2.24, 2.45) is 0 Å². The minimum Gasteiger partial charge on any atom is -0.480 e. The maximum atomic E-state index is 11.9. The van der Waals surface area contributed by atoms with Gasteiger partial charge in [0.25, 0.3) is 0 Å². The highest BCUT2D eigenvalue weighted by molar-refractivity contribution is 6.35. The fourth-order valence-electron chi connectivity index (χ4n) is 2.12. The van der Waals surface area contributed by atoms with Crippen molar-refractivity contribution in [1.29, 1.82) is 0 Å². The zero-order valence-electron chi connectivity index (χ0n) is 11.2. The lowest BCUT2D eigenvalue weighted by Gasteiger charge is -2.32. The number of rotatable bonds is 4. The summed E-state index contributed by atoms with van der Waals surface area (Å²) in [5.74, 6) is -4.46. The summed E-state index contributed by atoms with van der Waals surface area (Å²) in [6.07, 6.45) is 1.73. The van der Waals surface area contributed by atoms with E-state index in [-0.39, 0.29) is 13.0 Å². The van der Waals surface area contributed by atoms with Gasteiger partial charge in [-0.3, -0.25) is 9.59 Å². The second kappa shape index (κ2) is 6.88. The Balaban J connectivity index is 2.74. The minimum absolute atomic E-state index is 0.136. The molecular formula is C12H18N2O6. The van der Waals surface area contributed by atoms with E-state index in [1.54, 1.807) is 6.92 Å². The van der Waals surface area contributed by atoms with Crippen molar-refractivity contribution in [3.05, 3.63) is 0 Å². The van der Waals surface area contributed by atoms with E-state index < -0.39 is 35.8 Å². The van der Waals surface area contributed by atoms with Crippen molar-refractivity contribution < 1.29 is 29.4 Å². The Labute approximate surface area is 115 Å². The monoisotopic (exact) mass is 286 g/mol. The Hall–Kier alpha value is -2.12. The second-order valence-electron chi connectivity index (χ2n) is 4.62. The first-order valence-electron chi connectivity index (χ1n) is 6.45. The zero-order valence-corrected chi connectivity index (χ0v) is 11.2. The summed E-state index contributed by atoms with van der Waals surface area (Å²) >= 11 is 0. The van der Waals surface area contributed by atoms with Crippen LogP contribution in [0.4, 0.5) is 0 Å². The fraction of sp³-hybridized carbons (Fsp3) is 0.667. The van der Waals surface area contributed by atoms with Crippen LogP contribution in [0.5, 0.6) is 0 Å². The molecule has 1 heterocycles. The molecule has 3 N–H and O–H groups in total. The van der Waals surface area contributed by atoms with Crippen LogP contribution in [-0.2, 0) is 19.2 Å². The van der Waals surface area contributed by atoms with Crippen LogP contribution in [0.1, 0.15) is 32.6 Å². The van der Waals surface area contributed by atoms with Crippen LogP contribution in [0, 0.1) is 0 Å². The number of carbonyl (C=O) groups excluding carboxylic acids is 2. The zero-order chi connectivity index (χ0) is 15.3. The third-order valence-electron chi connectivity index (χ3n) is 3.25. The molecule has 0 aliphatic carbocycles. The molecule has 8 heteroatoms. The Morgan fingerprint density at radius 3 is 2.40 bits per heavy atom. The van der Waals surface area contributed by atoms with Crippen LogP contribution in [0.3, 0.4) is 0 Å². The van der Waals surface area contributed by atoms with Crippen molar-refractivity contribution in [3.8, 4) is 0 Å². The molecule has 2 amide bonds. The van der Waals surface area contributed by atoms with Crippen molar-refractivity contribution >= 4 is 23.8 Å². The molecule has 0 spiro atoms. The van der Waals surface area contributed by atoms with Gasteiger partial charge in [-0.1, -0.05) is 6.92 Å². The lowest BCUT2D eigenvalue weighted by Crippen LogP contribution is -2.54. The molecule has 0 bridgehead atoms. The van der Waals surface area contributed by atoms with Crippen LogP contribution in [0.2, 0.25) is 0 Å². The van der Waals surface area contributed by atoms with Crippen molar-refractivity contribution in [3.63, 3.8) is 0 Å². The maximum Gasteiger partial charge on any atom is 0.326 e. The largest absolute Gasteiger partial charge is 0.480 e. The molecule has 8 nitrogen and oxygen atoms in total. The summed E-state index contributed by atoms with van der Waals surface area (Å²) in [4.78, 5) is 46.5. The molecule has 1 aliphatic rings. The molecule has 1 saturated heterocycles. The molecule has 0 saturated carbocycles. The van der Waals surface area contributed by atoms with Gasteiger partial charge in [0, 0.05) is 6.54 Å². The summed E-state index contributed by atoms with van der Waals surface area (Å²) in [5, 5.41) is 20.0. The van der Waals surface area contributed by atoms with E-state index >= 15 is 0 Å². The molecule has 1 aliphatic heterocycles. The lowest BCUT2D eigenvalue weighted by atomic mass is 10.0. The van der Waals surface area contributed by atoms with E-state index in [1.165, 1.54) is 0 Å². The van der Waals surface area contributed by atoms with Crippen LogP contribution in [-0.4, -0.2) is 57.5 Å². The van der Waals surface area contributed by atoms with Crippen molar-refractivity contribution in [2.75, 3.05) is 6.54 Å². The molecule has 2 atom stereocenters. The summed E-state index contributed by atoms with van der Waals surface area (Å²) in [6, 6.07) is -2.17. The van der Waals surface area contributed by atoms with Gasteiger partial charge >= 0.3 is 23.8 Å². The van der Waals surface area contributed by atoms with Gasteiger partial charge in [0.05, 0.1) is 0 Å². The molecule has 1 fully saturated rings. The smallest absolute Gasteiger partial charge is 0.326 e. The molecular weight excluding hydrogens is 268 g/mol. The predicted octanol–water partition coefficient (Wildman–Crippen LogP) is -0.568. The molecule has 112 valence electrons. The molecule has 1 rings (SSSR count). The number of nitrogens with zero attached hydrogens (tertiary/aromatic N) is 1. The predicted molar refractivity (Wildman–Crippen MR) is 66.8 cm³/mol. The van der Waals surface area contributed by atoms with E-state index in [0.29, 0.717) is 19.3 Å². The quantitative estimate of drug-likeness (QED) is 0.595. The molecule has 0 aromatic rings. The van der Waals surface area contributed by atoms with Crippen LogP contribution >= 0.6 is 0 Å². The number of likely N-dealkylation sites (tertiary alicyclic amines) is 1. The van der Waals surface area contributed by atoms with Gasteiger partial charge in [0.2, 0.25) is 0 Å². The number of nitrogens with one attached hydrogen (secondary N) is 1. The van der Waals surface area contributed by atoms with Crippen LogP contribution in [0.25, 0.3) is 0 Å². The number of amides is 2. The fourth-order valence-corrected chi connectivity index (χ4v) is 2.12. The number of carbonyl (C=O) groups is 4. The summed E-state index contributed by atoms with van der Waals surface area (Å²) in [7, 11) is 0. The summed E-state index contributed by atoms with van der Waals surface area (Å²) in [6.45, 7) is 1.75. The maximum absolute atomic E-state index is 11.9. The first-order valence-corrected chi connectivity index (χ1v) is 6.45. The van der Waals surface area contributed by atoms with E-state index in [1.807, 2.05) is 0 Å². The lowest BCUT2D eigenvalue weighted by molar-refractivity contribution is -0.157. The number of aliphatic carboxylic acids is 2. The topological polar surface area (TPSA) is 124 Å². The van der Waals surface area contributed by atoms with Gasteiger partial charge in [-0.2, -0.15) is 0 Å². The van der Waals surface area contributed by atoms with Crippen molar-refractivity contribution in [1.82, 2.24) is 10.2 Å². The van der Waals surface area contributed by atoms with Crippen LogP contribution < -0.4 is 5.32 Å². The molecule has 0 radical (unpaired) electrons. The van der Waals surface area contributed by atoms with E-state index in [0.717, 1.165) is 4.90 Å². The highest BCUT2D eigenvalue weighted by atomic mass is 16.4. The molecule has 20 heavy (non-hydrogen) atoms. The number of carboxylic acids is 2. The summed E-state index contributed by atoms with van der Waals surface area (Å²) in [5.41, 5.74) is 0. The minimum atomic E-state index is -1.23. The van der Waals surface area contributed by atoms with Crippen molar-refractivity contribution in [2.45, 2.75) is 44.7 Å². The van der Waals surface area contributed by atoms with E-state index in [4.69, 9.17) is 10.2 Å². The normalized spacial score (nSPS) is 20.1. The van der Waals surface area contributed by atoms with Crippen LogP contribution in [0.15, 0.2) is 0 Å². The first-order chi connectivity index (χ1) is 9.38. The van der Waals surface area contributed by atoms with Gasteiger partial charge in [0.1, 0.15) is 12.1 Å². The summed E-state index contributed by atoms with van der Waals surface area (Å²) < 4.78 is 0. The highest BCUT2D eigenvalue weighted by Crippen LogP contribution is 2.17. The third kappa shape index (κ3) is 3.69. The Morgan fingerprint density at radius 1 is 1.25 bits per heavy atom. The Kier molecular flexibility index (Phi) is 5.48. The second-order valence-corrected chi connectivity index (χ2v) is 4.62. The molecule has 0 aromatic carbocycles. The number of hydrogen-bond acceptors (Lipinski definition) is 4. The average Bonchev–Trinajstić information content (AvgIpc) is 2.43. The first kappa shape index (κ1) is 15.9. The van der Waals surface area contributed by atoms with Gasteiger partial charge in [0.15, 0.2) is 0 Å². The molecule has 0 unspecified atom stereocenters. The van der Waals surface area contributed by atoms with Gasteiger partial charge in [-0.15, -0.1) is 0 Å². The third-order valence-corrected chi connectivity index (χ3v) is 3.25. The van der Waals surface area contributed by atoms with Gasteiger partial charge in [-0.25, -0.2) is 9.59 Å². The highest BCUT2D eigenvalue weighted by Gasteiger charge is 2.35. The average molecular weight is 286 g/mol. The number of hydrogen-bond donors (Lipinski definition) is 3. The Morgan fingerprint density at radius 2 is 1.90 bits per heavy atom. The Bertz CT molecular complexity index is 422. The standard InChI is InChI=1S/C12H18N2O6/c1-2-7(11(17)18)13-9(15)10(16)14-6-4-3-5-8(14)12(19)20/h7-8H,2-6H2,1H3,(H,13,15)(H,17,18)(H,19,20)/t7-,8-/m1/s1. The van der Waals surface area contributed by atoms with E-state index in [9.17, 15) is 19.2 Å². The number of piperidine rings is 1. The van der Waals surface area contributed by atoms with E-state index in [2.05, 4.69) is 5.32 Å². The van der Waals surface area contributed by atoms with Gasteiger partial charge in [-0.05, 0) is 25.7 Å². The molecule has 0 aromatic heterocycles.